The Morgan fingerprint density at radius 1 is 0.413 bits per heavy atom. The first kappa shape index (κ1) is 37.6. The summed E-state index contributed by atoms with van der Waals surface area (Å²) >= 11 is 0. The Bertz CT molecular complexity index is 3440. The molecular formula is C60H49BN2. The standard InChI is InChI=1S/C60H49BN2/c1-59(2,3)45-27-21-41(22-28-45)44-33-50-49-36-46(60(4,5)6)37-55-57(49)61(63-54-32-25-42-19-13-14-20-48(42)56(54)51(34-44)58(50)63)52-35-43(39-17-11-8-12-18-39)26-31-53(52)62(55)47-29-23-40(24-30-47)38-15-9-7-10-16-38/h7-37H,1-6H3. The molecule has 302 valence electrons. The molecule has 3 heterocycles. The maximum atomic E-state index is 2.71. The van der Waals surface area contributed by atoms with Gasteiger partial charge in [0.25, 0.3) is 0 Å². The van der Waals surface area contributed by atoms with Crippen molar-refractivity contribution in [1.29, 1.82) is 0 Å². The van der Waals surface area contributed by atoms with E-state index in [2.05, 4.69) is 239 Å². The van der Waals surface area contributed by atoms with Gasteiger partial charge in [-0.3, -0.25) is 0 Å². The summed E-state index contributed by atoms with van der Waals surface area (Å²) in [5, 5.41) is 5.18. The molecule has 0 unspecified atom stereocenters. The number of anilines is 3. The molecule has 0 aliphatic carbocycles. The summed E-state index contributed by atoms with van der Waals surface area (Å²) in [7, 11) is 0. The van der Waals surface area contributed by atoms with Crippen molar-refractivity contribution >= 4 is 67.4 Å². The normalized spacial score (nSPS) is 13.2. The molecule has 0 spiro atoms. The molecule has 9 aromatic carbocycles. The van der Waals surface area contributed by atoms with Gasteiger partial charge in [0.15, 0.2) is 0 Å². The Labute approximate surface area is 371 Å². The van der Waals surface area contributed by atoms with Gasteiger partial charge in [0, 0.05) is 44.4 Å². The fourth-order valence-electron chi connectivity index (χ4n) is 10.6. The predicted octanol–water partition coefficient (Wildman–Crippen LogP) is 15.0. The first-order valence-electron chi connectivity index (χ1n) is 22.5. The second-order valence-corrected chi connectivity index (χ2v) is 19.8. The highest BCUT2D eigenvalue weighted by atomic mass is 15.2. The highest BCUT2D eigenvalue weighted by Gasteiger charge is 2.44. The van der Waals surface area contributed by atoms with Gasteiger partial charge in [0.1, 0.15) is 0 Å². The molecule has 10 aromatic rings. The first-order valence-corrected chi connectivity index (χ1v) is 22.5. The van der Waals surface area contributed by atoms with Crippen LogP contribution in [0.2, 0.25) is 0 Å². The Balaban J connectivity index is 1.21. The lowest BCUT2D eigenvalue weighted by Crippen LogP contribution is -2.56. The van der Waals surface area contributed by atoms with Crippen LogP contribution in [-0.2, 0) is 10.8 Å². The molecule has 2 aliphatic rings. The lowest BCUT2D eigenvalue weighted by molar-refractivity contribution is 0.590. The minimum absolute atomic E-state index is 0.0619. The maximum Gasteiger partial charge on any atom is 0.333 e. The van der Waals surface area contributed by atoms with Crippen LogP contribution in [0.4, 0.5) is 17.1 Å². The number of hydrogen-bond donors (Lipinski definition) is 0. The summed E-state index contributed by atoms with van der Waals surface area (Å²) in [4.78, 5) is 2.56. The van der Waals surface area contributed by atoms with E-state index in [-0.39, 0.29) is 17.7 Å². The number of nitrogens with zero attached hydrogens (tertiary/aromatic N) is 2. The molecule has 0 atom stereocenters. The largest absolute Gasteiger partial charge is 0.375 e. The van der Waals surface area contributed by atoms with E-state index < -0.39 is 0 Å². The van der Waals surface area contributed by atoms with E-state index in [1.54, 1.807) is 0 Å². The van der Waals surface area contributed by atoms with Crippen molar-refractivity contribution in [2.75, 3.05) is 4.90 Å². The van der Waals surface area contributed by atoms with Gasteiger partial charge >= 0.3 is 6.85 Å². The van der Waals surface area contributed by atoms with Crippen LogP contribution in [-0.4, -0.2) is 11.3 Å². The maximum absolute atomic E-state index is 2.71. The molecule has 0 fully saturated rings. The molecule has 0 saturated carbocycles. The van der Waals surface area contributed by atoms with Crippen LogP contribution in [0.1, 0.15) is 52.7 Å². The van der Waals surface area contributed by atoms with Gasteiger partial charge in [-0.2, -0.15) is 0 Å². The van der Waals surface area contributed by atoms with Gasteiger partial charge in [0.2, 0.25) is 0 Å². The fourth-order valence-corrected chi connectivity index (χ4v) is 10.6. The molecule has 2 aliphatic heterocycles. The summed E-state index contributed by atoms with van der Waals surface area (Å²) in [6, 6.07) is 71.0. The smallest absolute Gasteiger partial charge is 0.333 e. The average Bonchev–Trinajstić information content (AvgIpc) is 3.64. The number of hydrogen-bond acceptors (Lipinski definition) is 1. The monoisotopic (exact) mass is 808 g/mol. The zero-order valence-electron chi connectivity index (χ0n) is 36.9. The summed E-state index contributed by atoms with van der Waals surface area (Å²) in [5.41, 5.74) is 21.5. The lowest BCUT2D eigenvalue weighted by Gasteiger charge is -2.42. The molecule has 0 N–H and O–H groups in total. The highest BCUT2D eigenvalue weighted by Crippen LogP contribution is 2.49. The van der Waals surface area contributed by atoms with Crippen LogP contribution in [0.5, 0.6) is 0 Å². The minimum atomic E-state index is -0.0961. The molecule has 3 heteroatoms. The summed E-state index contributed by atoms with van der Waals surface area (Å²) in [6.45, 7) is 13.9. The Morgan fingerprint density at radius 2 is 1.02 bits per heavy atom. The van der Waals surface area contributed by atoms with Gasteiger partial charge in [0.05, 0.1) is 0 Å². The summed E-state index contributed by atoms with van der Waals surface area (Å²) < 4.78 is 2.71. The molecule has 0 radical (unpaired) electrons. The topological polar surface area (TPSA) is 8.17 Å². The third kappa shape index (κ3) is 5.86. The summed E-state index contributed by atoms with van der Waals surface area (Å²) in [6.07, 6.45) is 0. The molecule has 0 amide bonds. The van der Waals surface area contributed by atoms with E-state index >= 15 is 0 Å². The quantitative estimate of drug-likeness (QED) is 0.161. The zero-order chi connectivity index (χ0) is 42.8. The van der Waals surface area contributed by atoms with Crippen molar-refractivity contribution in [3.8, 4) is 44.5 Å². The Kier molecular flexibility index (Phi) is 8.19. The SMILES string of the molecule is CC(C)(C)c1ccc(-c2cc3c4c(c2)c2c5ccccc5ccc2n4B2c4cc(-c5ccccc5)ccc4N(c4ccc(-c5ccccc5)cc4)c4cc(C(C)(C)C)cc-3c42)cc1. The van der Waals surface area contributed by atoms with E-state index in [1.807, 2.05) is 0 Å². The van der Waals surface area contributed by atoms with E-state index in [9.17, 15) is 0 Å². The van der Waals surface area contributed by atoms with Crippen LogP contribution < -0.4 is 15.8 Å². The highest BCUT2D eigenvalue weighted by molar-refractivity contribution is 6.90. The van der Waals surface area contributed by atoms with Crippen LogP contribution >= 0.6 is 0 Å². The number of aromatic nitrogens is 1. The lowest BCUT2D eigenvalue weighted by atomic mass is 9.44. The second-order valence-electron chi connectivity index (χ2n) is 19.8. The van der Waals surface area contributed by atoms with Gasteiger partial charge in [-0.25, -0.2) is 0 Å². The zero-order valence-corrected chi connectivity index (χ0v) is 36.9. The third-order valence-corrected chi connectivity index (χ3v) is 13.9. The van der Waals surface area contributed by atoms with Crippen molar-refractivity contribution in [2.45, 2.75) is 52.4 Å². The van der Waals surface area contributed by atoms with E-state index in [1.165, 1.54) is 111 Å². The van der Waals surface area contributed by atoms with Crippen molar-refractivity contribution in [1.82, 2.24) is 4.48 Å². The van der Waals surface area contributed by atoms with E-state index in [0.717, 1.165) is 5.69 Å². The molecule has 63 heavy (non-hydrogen) atoms. The second kappa shape index (κ2) is 13.7. The van der Waals surface area contributed by atoms with Crippen molar-refractivity contribution in [3.05, 3.63) is 199 Å². The molecule has 0 bridgehead atoms. The average molecular weight is 809 g/mol. The van der Waals surface area contributed by atoms with Gasteiger partial charge < -0.3 is 9.38 Å². The van der Waals surface area contributed by atoms with Crippen molar-refractivity contribution in [2.24, 2.45) is 0 Å². The molecule has 2 nitrogen and oxygen atoms in total. The van der Waals surface area contributed by atoms with Gasteiger partial charge in [-0.15, -0.1) is 0 Å². The number of benzene rings is 9. The Morgan fingerprint density at radius 3 is 1.71 bits per heavy atom. The van der Waals surface area contributed by atoms with Crippen LogP contribution in [0.15, 0.2) is 188 Å². The van der Waals surface area contributed by atoms with Crippen LogP contribution in [0.3, 0.4) is 0 Å². The van der Waals surface area contributed by atoms with E-state index in [0.29, 0.717) is 0 Å². The third-order valence-electron chi connectivity index (χ3n) is 13.9. The molecule has 0 saturated heterocycles. The fraction of sp³-hybridized carbons (Fsp3) is 0.133. The number of rotatable bonds is 4. The van der Waals surface area contributed by atoms with Crippen LogP contribution in [0, 0.1) is 0 Å². The first-order chi connectivity index (χ1) is 30.5. The number of fused-ring (bicyclic) bond motifs is 9. The molecule has 1 aromatic heterocycles. The molecule has 12 rings (SSSR count). The van der Waals surface area contributed by atoms with Gasteiger partial charge in [-0.1, -0.05) is 187 Å². The Hall–Kier alpha value is -7.10. The predicted molar refractivity (Wildman–Crippen MR) is 271 cm³/mol. The summed E-state index contributed by atoms with van der Waals surface area (Å²) in [5.74, 6) is 0. The molecular weight excluding hydrogens is 759 g/mol. The minimum Gasteiger partial charge on any atom is -0.375 e. The van der Waals surface area contributed by atoms with Crippen molar-refractivity contribution < 1.29 is 0 Å². The van der Waals surface area contributed by atoms with Crippen molar-refractivity contribution in [3.63, 3.8) is 0 Å². The van der Waals surface area contributed by atoms with Crippen LogP contribution in [0.25, 0.3) is 77.1 Å². The van der Waals surface area contributed by atoms with E-state index in [4.69, 9.17) is 0 Å². The van der Waals surface area contributed by atoms with Gasteiger partial charge in [-0.05, 0) is 125 Å².